The predicted molar refractivity (Wildman–Crippen MR) is 135 cm³/mol. The minimum Gasteiger partial charge on any atom is -0.337 e. The molecule has 0 radical (unpaired) electrons. The van der Waals surface area contributed by atoms with Crippen molar-refractivity contribution in [2.75, 3.05) is 12.3 Å². The number of fused-ring (bicyclic) bond motifs is 1. The molecule has 0 spiro atoms. The van der Waals surface area contributed by atoms with E-state index < -0.39 is 0 Å². The lowest BCUT2D eigenvalue weighted by atomic mass is 10.00. The van der Waals surface area contributed by atoms with Gasteiger partial charge in [-0.15, -0.1) is 10.2 Å². The molecule has 5 rings (SSSR count). The van der Waals surface area contributed by atoms with Crippen molar-refractivity contribution < 1.29 is 4.79 Å². The Labute approximate surface area is 207 Å². The number of aryl methyl sites for hydroxylation is 1. The largest absolute Gasteiger partial charge is 0.337 e. The average molecular weight is 493 g/mol. The molecule has 174 valence electrons. The second-order valence-electron chi connectivity index (χ2n) is 8.25. The highest BCUT2D eigenvalue weighted by Gasteiger charge is 2.23. The molecule has 0 saturated heterocycles. The number of thioether (sulfide) groups is 1. The first-order valence-electron chi connectivity index (χ1n) is 11.2. The van der Waals surface area contributed by atoms with Gasteiger partial charge in [0.2, 0.25) is 5.91 Å². The molecule has 0 unspecified atom stereocenters. The Morgan fingerprint density at radius 1 is 1.09 bits per heavy atom. The van der Waals surface area contributed by atoms with Crippen LogP contribution in [-0.2, 0) is 31.4 Å². The fourth-order valence-corrected chi connectivity index (χ4v) is 5.31. The van der Waals surface area contributed by atoms with E-state index in [0.29, 0.717) is 23.9 Å². The zero-order valence-corrected chi connectivity index (χ0v) is 20.7. The summed E-state index contributed by atoms with van der Waals surface area (Å²) in [5.74, 6) is 1.19. The summed E-state index contributed by atoms with van der Waals surface area (Å²) in [6.07, 6.45) is 2.85. The topological polar surface area (TPSA) is 68.8 Å². The van der Waals surface area contributed by atoms with E-state index in [1.807, 2.05) is 53.0 Å². The quantitative estimate of drug-likeness (QED) is 0.365. The van der Waals surface area contributed by atoms with Gasteiger partial charge in [-0.1, -0.05) is 59.8 Å². The van der Waals surface area contributed by atoms with Crippen molar-refractivity contribution in [3.05, 3.63) is 70.9 Å². The van der Waals surface area contributed by atoms with Gasteiger partial charge in [-0.3, -0.25) is 9.48 Å². The van der Waals surface area contributed by atoms with Crippen LogP contribution in [0.25, 0.3) is 22.6 Å². The summed E-state index contributed by atoms with van der Waals surface area (Å²) in [4.78, 5) is 14.9. The smallest absolute Gasteiger partial charge is 0.233 e. The Bertz CT molecular complexity index is 1330. The predicted octanol–water partition coefficient (Wildman–Crippen LogP) is 4.70. The number of aromatic nitrogens is 5. The summed E-state index contributed by atoms with van der Waals surface area (Å²) in [6, 6.07) is 15.9. The summed E-state index contributed by atoms with van der Waals surface area (Å²) in [5, 5.41) is 15.0. The number of benzene rings is 2. The Hall–Kier alpha value is -3.10. The summed E-state index contributed by atoms with van der Waals surface area (Å²) in [6.45, 7) is 4.16. The molecule has 2 aromatic heterocycles. The molecule has 1 aliphatic rings. The third-order valence-corrected chi connectivity index (χ3v) is 7.23. The Morgan fingerprint density at radius 3 is 2.62 bits per heavy atom. The number of carbonyl (C=O) groups is 1. The maximum atomic E-state index is 13.0. The van der Waals surface area contributed by atoms with Crippen LogP contribution in [0.3, 0.4) is 0 Å². The Morgan fingerprint density at radius 2 is 1.85 bits per heavy atom. The van der Waals surface area contributed by atoms with E-state index in [9.17, 15) is 4.79 Å². The summed E-state index contributed by atoms with van der Waals surface area (Å²) < 4.78 is 3.82. The zero-order valence-electron chi connectivity index (χ0n) is 19.1. The van der Waals surface area contributed by atoms with Crippen molar-refractivity contribution in [3.63, 3.8) is 0 Å². The van der Waals surface area contributed by atoms with Crippen LogP contribution in [0, 0.1) is 0 Å². The van der Waals surface area contributed by atoms with Gasteiger partial charge >= 0.3 is 0 Å². The molecule has 0 bridgehead atoms. The van der Waals surface area contributed by atoms with E-state index in [2.05, 4.69) is 40.4 Å². The highest BCUT2D eigenvalue weighted by molar-refractivity contribution is 7.99. The first kappa shape index (κ1) is 22.7. The molecule has 0 fully saturated rings. The third kappa shape index (κ3) is 4.48. The minimum absolute atomic E-state index is 0.120. The Kier molecular flexibility index (Phi) is 6.43. The number of amides is 1. The number of hydrogen-bond donors (Lipinski definition) is 0. The summed E-state index contributed by atoms with van der Waals surface area (Å²) in [7, 11) is 1.89. The summed E-state index contributed by atoms with van der Waals surface area (Å²) in [5.41, 5.74) is 5.24. The number of hydrogen-bond acceptors (Lipinski definition) is 5. The van der Waals surface area contributed by atoms with Gasteiger partial charge in [-0.2, -0.15) is 5.10 Å². The van der Waals surface area contributed by atoms with Gasteiger partial charge in [0.1, 0.15) is 5.69 Å². The molecular weight excluding hydrogens is 468 g/mol. The fraction of sp³-hybridized carbons (Fsp3) is 0.280. The lowest BCUT2D eigenvalue weighted by Crippen LogP contribution is -2.37. The molecule has 7 nitrogen and oxygen atoms in total. The molecule has 0 aliphatic carbocycles. The molecule has 34 heavy (non-hydrogen) atoms. The standard InChI is InChI=1S/C25H25ClN6OS/c1-3-32-24(21-15-30(2)29-23(21)18-8-10-20(26)11-9-18)27-28-25(32)34-16-22(33)31-13-12-17-6-4-5-7-19(17)14-31/h4-11,15H,3,12-14,16H2,1-2H3. The molecule has 4 aromatic rings. The second kappa shape index (κ2) is 9.64. The van der Waals surface area contributed by atoms with Gasteiger partial charge in [0.05, 0.1) is 11.3 Å². The number of carbonyl (C=O) groups excluding carboxylic acids is 1. The molecular formula is C25H25ClN6OS. The van der Waals surface area contributed by atoms with Crippen molar-refractivity contribution >= 4 is 29.3 Å². The lowest BCUT2D eigenvalue weighted by Gasteiger charge is -2.28. The van der Waals surface area contributed by atoms with Crippen molar-refractivity contribution in [2.24, 2.45) is 7.05 Å². The zero-order chi connectivity index (χ0) is 23.7. The van der Waals surface area contributed by atoms with Gasteiger partial charge < -0.3 is 9.47 Å². The Balaban J connectivity index is 1.35. The average Bonchev–Trinajstić information content (AvgIpc) is 3.45. The van der Waals surface area contributed by atoms with E-state index in [1.54, 1.807) is 4.68 Å². The third-order valence-electron chi connectivity index (χ3n) is 6.03. The molecule has 9 heteroatoms. The van der Waals surface area contributed by atoms with Crippen LogP contribution in [0.4, 0.5) is 0 Å². The number of rotatable bonds is 6. The van der Waals surface area contributed by atoms with Gasteiger partial charge in [-0.05, 0) is 36.6 Å². The van der Waals surface area contributed by atoms with Crippen LogP contribution >= 0.6 is 23.4 Å². The second-order valence-corrected chi connectivity index (χ2v) is 9.62. The van der Waals surface area contributed by atoms with Crippen molar-refractivity contribution in [2.45, 2.75) is 31.6 Å². The first-order valence-corrected chi connectivity index (χ1v) is 12.6. The number of nitrogens with zero attached hydrogens (tertiary/aromatic N) is 6. The first-order chi connectivity index (χ1) is 16.5. The summed E-state index contributed by atoms with van der Waals surface area (Å²) >= 11 is 7.50. The van der Waals surface area contributed by atoms with Crippen LogP contribution < -0.4 is 0 Å². The number of halogens is 1. The van der Waals surface area contributed by atoms with Gasteiger partial charge in [0.15, 0.2) is 11.0 Å². The van der Waals surface area contributed by atoms with Crippen LogP contribution in [-0.4, -0.2) is 47.6 Å². The monoisotopic (exact) mass is 492 g/mol. The van der Waals surface area contributed by atoms with Gasteiger partial charge in [0, 0.05) is 43.5 Å². The molecule has 1 amide bonds. The van der Waals surface area contributed by atoms with Gasteiger partial charge in [-0.25, -0.2) is 0 Å². The molecule has 2 aromatic carbocycles. The highest BCUT2D eigenvalue weighted by atomic mass is 35.5. The van der Waals surface area contributed by atoms with E-state index >= 15 is 0 Å². The van der Waals surface area contributed by atoms with Crippen LogP contribution in [0.1, 0.15) is 18.1 Å². The minimum atomic E-state index is 0.120. The fourth-order valence-electron chi connectivity index (χ4n) is 4.28. The van der Waals surface area contributed by atoms with Gasteiger partial charge in [0.25, 0.3) is 0 Å². The van der Waals surface area contributed by atoms with Crippen LogP contribution in [0.2, 0.25) is 5.02 Å². The SMILES string of the molecule is CCn1c(SCC(=O)N2CCc3ccccc3C2)nnc1-c1cn(C)nc1-c1ccc(Cl)cc1. The molecule has 0 saturated carbocycles. The van der Waals surface area contributed by atoms with E-state index in [0.717, 1.165) is 40.8 Å². The van der Waals surface area contributed by atoms with E-state index in [1.165, 1.54) is 22.9 Å². The highest BCUT2D eigenvalue weighted by Crippen LogP contribution is 2.32. The van der Waals surface area contributed by atoms with Crippen molar-refractivity contribution in [1.82, 2.24) is 29.4 Å². The molecule has 3 heterocycles. The molecule has 0 N–H and O–H groups in total. The maximum Gasteiger partial charge on any atom is 0.233 e. The van der Waals surface area contributed by atoms with Crippen molar-refractivity contribution in [1.29, 1.82) is 0 Å². The maximum absolute atomic E-state index is 13.0. The lowest BCUT2D eigenvalue weighted by molar-refractivity contribution is -0.129. The van der Waals surface area contributed by atoms with E-state index in [-0.39, 0.29) is 5.91 Å². The molecule has 1 aliphatic heterocycles. The molecule has 0 atom stereocenters. The van der Waals surface area contributed by atoms with E-state index in [4.69, 9.17) is 11.6 Å². The van der Waals surface area contributed by atoms with Crippen LogP contribution in [0.5, 0.6) is 0 Å². The normalized spacial score (nSPS) is 13.2. The van der Waals surface area contributed by atoms with Crippen molar-refractivity contribution in [3.8, 4) is 22.6 Å². The van der Waals surface area contributed by atoms with Crippen LogP contribution in [0.15, 0.2) is 59.9 Å².